The lowest BCUT2D eigenvalue weighted by Gasteiger charge is -2.37. The summed E-state index contributed by atoms with van der Waals surface area (Å²) in [6.07, 6.45) is 3.02. The van der Waals surface area contributed by atoms with Crippen LogP contribution in [0.4, 0.5) is 14.9 Å². The Morgan fingerprint density at radius 3 is 3.15 bits per heavy atom. The molecule has 0 aliphatic carbocycles. The third-order valence-electron chi connectivity index (χ3n) is 4.08. The molecule has 2 heterocycles. The molecular formula is C14H17ClFN3O. The van der Waals surface area contributed by atoms with Crippen LogP contribution in [0, 0.1) is 5.82 Å². The Morgan fingerprint density at radius 1 is 1.45 bits per heavy atom. The molecule has 3 rings (SSSR count). The summed E-state index contributed by atoms with van der Waals surface area (Å²) < 4.78 is 13.8. The molecule has 20 heavy (non-hydrogen) atoms. The van der Waals surface area contributed by atoms with Crippen molar-refractivity contribution in [3.8, 4) is 0 Å². The van der Waals surface area contributed by atoms with Crippen molar-refractivity contribution in [2.75, 3.05) is 18.4 Å². The van der Waals surface area contributed by atoms with Crippen molar-refractivity contribution < 1.29 is 9.18 Å². The summed E-state index contributed by atoms with van der Waals surface area (Å²) in [5.74, 6) is -0.583. The molecule has 1 aromatic rings. The Kier molecular flexibility index (Phi) is 3.81. The van der Waals surface area contributed by atoms with E-state index in [1.165, 1.54) is 12.1 Å². The molecular weight excluding hydrogens is 281 g/mol. The molecule has 2 N–H and O–H groups in total. The number of benzene rings is 1. The standard InChI is InChI=1S/C14H17ClFN3O/c15-9-3-1-4-11(13(9)16)18-14(20)19-8-2-5-10-12(19)6-7-17-10/h1,3-4,10,12,17H,2,5-8H2,(H,18,20). The number of hydrogen-bond acceptors (Lipinski definition) is 2. The number of nitrogens with zero attached hydrogens (tertiary/aromatic N) is 1. The molecule has 6 heteroatoms. The van der Waals surface area contributed by atoms with Gasteiger partial charge < -0.3 is 15.5 Å². The number of carbonyl (C=O) groups excluding carboxylic acids is 1. The average molecular weight is 298 g/mol. The fraction of sp³-hybridized carbons (Fsp3) is 0.500. The second kappa shape index (κ2) is 5.58. The molecule has 2 unspecified atom stereocenters. The number of anilines is 1. The summed E-state index contributed by atoms with van der Waals surface area (Å²) in [7, 11) is 0. The zero-order valence-electron chi connectivity index (χ0n) is 11.0. The molecule has 2 saturated heterocycles. The van der Waals surface area contributed by atoms with Crippen LogP contribution in [0.2, 0.25) is 5.02 Å². The van der Waals surface area contributed by atoms with Crippen molar-refractivity contribution in [1.29, 1.82) is 0 Å². The molecule has 2 aliphatic rings. The van der Waals surface area contributed by atoms with Gasteiger partial charge in [0, 0.05) is 18.6 Å². The van der Waals surface area contributed by atoms with Crippen molar-refractivity contribution >= 4 is 23.3 Å². The second-order valence-electron chi connectivity index (χ2n) is 5.28. The van der Waals surface area contributed by atoms with Gasteiger partial charge in [-0.25, -0.2) is 9.18 Å². The predicted octanol–water partition coefficient (Wildman–Crippen LogP) is 2.84. The molecule has 4 nitrogen and oxygen atoms in total. The molecule has 0 spiro atoms. The largest absolute Gasteiger partial charge is 0.322 e. The fourth-order valence-corrected chi connectivity index (χ4v) is 3.28. The number of halogens is 2. The highest BCUT2D eigenvalue weighted by Crippen LogP contribution is 2.26. The normalized spacial score (nSPS) is 25.4. The minimum atomic E-state index is -0.583. The molecule has 2 fully saturated rings. The van der Waals surface area contributed by atoms with E-state index in [2.05, 4.69) is 10.6 Å². The Hall–Kier alpha value is -1.33. The van der Waals surface area contributed by atoms with Crippen LogP contribution in [0.3, 0.4) is 0 Å². The molecule has 2 amide bonds. The minimum Gasteiger partial charge on any atom is -0.320 e. The minimum absolute atomic E-state index is 0.0156. The number of carbonyl (C=O) groups is 1. The first-order valence-corrected chi connectivity index (χ1v) is 7.29. The number of hydrogen-bond donors (Lipinski definition) is 2. The van der Waals surface area contributed by atoms with E-state index < -0.39 is 5.82 Å². The predicted molar refractivity (Wildman–Crippen MR) is 76.6 cm³/mol. The van der Waals surface area contributed by atoms with Gasteiger partial charge in [0.25, 0.3) is 0 Å². The van der Waals surface area contributed by atoms with Crippen LogP contribution >= 0.6 is 11.6 Å². The van der Waals surface area contributed by atoms with Crippen molar-refractivity contribution in [3.63, 3.8) is 0 Å². The van der Waals surface area contributed by atoms with Gasteiger partial charge in [-0.15, -0.1) is 0 Å². The highest BCUT2D eigenvalue weighted by Gasteiger charge is 2.37. The maximum atomic E-state index is 13.8. The number of rotatable bonds is 1. The number of fused-ring (bicyclic) bond motifs is 1. The third-order valence-corrected chi connectivity index (χ3v) is 4.37. The van der Waals surface area contributed by atoms with E-state index in [1.807, 2.05) is 4.90 Å². The lowest BCUT2D eigenvalue weighted by molar-refractivity contribution is 0.156. The summed E-state index contributed by atoms with van der Waals surface area (Å²) in [6, 6.07) is 4.95. The van der Waals surface area contributed by atoms with Gasteiger partial charge >= 0.3 is 6.03 Å². The summed E-state index contributed by atoms with van der Waals surface area (Å²) in [5, 5.41) is 6.06. The quantitative estimate of drug-likeness (QED) is 0.837. The number of likely N-dealkylation sites (tertiary alicyclic amines) is 1. The number of piperidine rings is 1. The van der Waals surface area contributed by atoms with Crippen LogP contribution in [0.1, 0.15) is 19.3 Å². The Labute approximate surface area is 122 Å². The SMILES string of the molecule is O=C(Nc1cccc(Cl)c1F)N1CCCC2NCCC21. The lowest BCUT2D eigenvalue weighted by atomic mass is 9.98. The first kappa shape index (κ1) is 13.6. The zero-order chi connectivity index (χ0) is 14.1. The van der Waals surface area contributed by atoms with Crippen LogP contribution < -0.4 is 10.6 Å². The van der Waals surface area contributed by atoms with Crippen LogP contribution in [0.5, 0.6) is 0 Å². The number of nitrogens with one attached hydrogen (secondary N) is 2. The fourth-order valence-electron chi connectivity index (χ4n) is 3.11. The highest BCUT2D eigenvalue weighted by atomic mass is 35.5. The van der Waals surface area contributed by atoms with Crippen LogP contribution in [-0.2, 0) is 0 Å². The summed E-state index contributed by atoms with van der Waals surface area (Å²) >= 11 is 5.72. The summed E-state index contributed by atoms with van der Waals surface area (Å²) in [4.78, 5) is 14.2. The monoisotopic (exact) mass is 297 g/mol. The van der Waals surface area contributed by atoms with E-state index in [-0.39, 0.29) is 22.8 Å². The van der Waals surface area contributed by atoms with Gasteiger partial charge in [0.1, 0.15) is 0 Å². The molecule has 0 radical (unpaired) electrons. The number of amides is 2. The van der Waals surface area contributed by atoms with E-state index in [4.69, 9.17) is 11.6 Å². The molecule has 2 aliphatic heterocycles. The van der Waals surface area contributed by atoms with Gasteiger partial charge in [0.15, 0.2) is 5.82 Å². The van der Waals surface area contributed by atoms with Crippen molar-refractivity contribution in [2.24, 2.45) is 0 Å². The number of urea groups is 1. The molecule has 1 aromatic carbocycles. The summed E-state index contributed by atoms with van der Waals surface area (Å²) in [5.41, 5.74) is 0.135. The van der Waals surface area contributed by atoms with Gasteiger partial charge in [-0.1, -0.05) is 17.7 Å². The Morgan fingerprint density at radius 2 is 2.30 bits per heavy atom. The Balaban J connectivity index is 1.74. The molecule has 0 bridgehead atoms. The summed E-state index contributed by atoms with van der Waals surface area (Å²) in [6.45, 7) is 1.65. The maximum Gasteiger partial charge on any atom is 0.322 e. The Bertz CT molecular complexity index is 525. The average Bonchev–Trinajstić information content (AvgIpc) is 2.92. The van der Waals surface area contributed by atoms with Crippen molar-refractivity contribution in [2.45, 2.75) is 31.3 Å². The molecule has 0 aromatic heterocycles. The van der Waals surface area contributed by atoms with Crippen molar-refractivity contribution in [1.82, 2.24) is 10.2 Å². The molecule has 2 atom stereocenters. The van der Waals surface area contributed by atoms with Gasteiger partial charge in [0.05, 0.1) is 10.7 Å². The van der Waals surface area contributed by atoms with Crippen molar-refractivity contribution in [3.05, 3.63) is 29.0 Å². The highest BCUT2D eigenvalue weighted by molar-refractivity contribution is 6.31. The first-order valence-electron chi connectivity index (χ1n) is 6.92. The van der Waals surface area contributed by atoms with E-state index in [0.29, 0.717) is 6.04 Å². The lowest BCUT2D eigenvalue weighted by Crippen LogP contribution is -2.52. The maximum absolute atomic E-state index is 13.8. The van der Waals surface area contributed by atoms with Gasteiger partial charge in [0.2, 0.25) is 0 Å². The van der Waals surface area contributed by atoms with Crippen LogP contribution in [-0.4, -0.2) is 36.1 Å². The van der Waals surface area contributed by atoms with Gasteiger partial charge in [-0.05, 0) is 37.9 Å². The van der Waals surface area contributed by atoms with Gasteiger partial charge in [-0.2, -0.15) is 0 Å². The first-order chi connectivity index (χ1) is 9.66. The van der Waals surface area contributed by atoms with E-state index in [1.54, 1.807) is 6.07 Å². The zero-order valence-corrected chi connectivity index (χ0v) is 11.8. The second-order valence-corrected chi connectivity index (χ2v) is 5.69. The van der Waals surface area contributed by atoms with Crippen LogP contribution in [0.25, 0.3) is 0 Å². The van der Waals surface area contributed by atoms with E-state index >= 15 is 0 Å². The topological polar surface area (TPSA) is 44.4 Å². The van der Waals surface area contributed by atoms with Gasteiger partial charge in [-0.3, -0.25) is 0 Å². The molecule has 0 saturated carbocycles. The van der Waals surface area contributed by atoms with E-state index in [0.717, 1.165) is 32.4 Å². The van der Waals surface area contributed by atoms with Crippen LogP contribution in [0.15, 0.2) is 18.2 Å². The third kappa shape index (κ3) is 2.47. The van der Waals surface area contributed by atoms with E-state index in [9.17, 15) is 9.18 Å². The smallest absolute Gasteiger partial charge is 0.320 e. The molecule has 108 valence electrons.